The summed E-state index contributed by atoms with van der Waals surface area (Å²) in [6.45, 7) is 0. The van der Waals surface area contributed by atoms with Gasteiger partial charge in [0.15, 0.2) is 5.78 Å². The van der Waals surface area contributed by atoms with E-state index in [-0.39, 0.29) is 17.6 Å². The molecule has 2 heterocycles. The topological polar surface area (TPSA) is 29.1 Å². The van der Waals surface area contributed by atoms with Crippen LogP contribution in [-0.4, -0.2) is 5.78 Å². The lowest BCUT2D eigenvalue weighted by Gasteiger charge is -2.29. The van der Waals surface area contributed by atoms with Crippen molar-refractivity contribution < 1.29 is 4.79 Å². The number of hydrogen-bond acceptors (Lipinski definition) is 3. The SMILES string of the molecule is O=C(c1cc(Cl)sc1Cl)C1C=c2c(ccc3c2=CCc2ccccc2-3)C(C2=CC=CC=CN2)C1. The van der Waals surface area contributed by atoms with Crippen molar-refractivity contribution in [2.75, 3.05) is 0 Å². The van der Waals surface area contributed by atoms with Crippen molar-refractivity contribution >= 4 is 52.5 Å². The quantitative estimate of drug-likeness (QED) is 0.421. The van der Waals surface area contributed by atoms with Crippen molar-refractivity contribution in [3.05, 3.63) is 114 Å². The summed E-state index contributed by atoms with van der Waals surface area (Å²) >= 11 is 13.8. The third-order valence-electron chi connectivity index (χ3n) is 6.87. The van der Waals surface area contributed by atoms with Gasteiger partial charge in [0.2, 0.25) is 0 Å². The van der Waals surface area contributed by atoms with Crippen LogP contribution in [-0.2, 0) is 6.42 Å². The number of thiophene rings is 1. The molecule has 0 saturated heterocycles. The number of halogens is 2. The summed E-state index contributed by atoms with van der Waals surface area (Å²) in [6, 6.07) is 14.7. The average molecular weight is 502 g/mol. The van der Waals surface area contributed by atoms with Gasteiger partial charge in [-0.15, -0.1) is 11.3 Å². The van der Waals surface area contributed by atoms with Crippen LogP contribution in [0.25, 0.3) is 23.3 Å². The summed E-state index contributed by atoms with van der Waals surface area (Å²) in [4.78, 5) is 13.7. The molecule has 168 valence electrons. The largest absolute Gasteiger partial charge is 0.364 e. The summed E-state index contributed by atoms with van der Waals surface area (Å²) in [5.41, 5.74) is 6.67. The number of fused-ring (bicyclic) bond motifs is 5. The maximum absolute atomic E-state index is 13.7. The molecule has 2 unspecified atom stereocenters. The molecule has 1 aromatic heterocycles. The molecule has 0 fully saturated rings. The molecule has 3 aliphatic rings. The first-order valence-corrected chi connectivity index (χ1v) is 12.9. The normalized spacial score (nSPS) is 20.0. The summed E-state index contributed by atoms with van der Waals surface area (Å²) in [6.07, 6.45) is 16.1. The highest BCUT2D eigenvalue weighted by atomic mass is 35.5. The molecule has 2 nitrogen and oxygen atoms in total. The predicted molar refractivity (Wildman–Crippen MR) is 143 cm³/mol. The van der Waals surface area contributed by atoms with Gasteiger partial charge in [0.05, 0.1) is 4.34 Å². The Hall–Kier alpha value is -2.85. The van der Waals surface area contributed by atoms with Crippen LogP contribution in [0.1, 0.15) is 33.8 Å². The zero-order valence-electron chi connectivity index (χ0n) is 18.2. The minimum Gasteiger partial charge on any atom is -0.364 e. The smallest absolute Gasteiger partial charge is 0.172 e. The van der Waals surface area contributed by atoms with Crippen molar-refractivity contribution in [2.45, 2.75) is 18.8 Å². The lowest BCUT2D eigenvalue weighted by atomic mass is 9.76. The van der Waals surface area contributed by atoms with E-state index in [9.17, 15) is 4.79 Å². The molecule has 6 rings (SSSR count). The van der Waals surface area contributed by atoms with E-state index in [1.54, 1.807) is 6.07 Å². The van der Waals surface area contributed by atoms with Gasteiger partial charge in [0, 0.05) is 29.3 Å². The van der Waals surface area contributed by atoms with Crippen molar-refractivity contribution in [3.8, 4) is 11.1 Å². The van der Waals surface area contributed by atoms with Crippen molar-refractivity contribution in [1.82, 2.24) is 5.32 Å². The highest BCUT2D eigenvalue weighted by molar-refractivity contribution is 7.20. The Morgan fingerprint density at radius 3 is 2.74 bits per heavy atom. The van der Waals surface area contributed by atoms with Crippen LogP contribution < -0.4 is 15.8 Å². The third kappa shape index (κ3) is 3.69. The molecule has 0 radical (unpaired) electrons. The summed E-state index contributed by atoms with van der Waals surface area (Å²) < 4.78 is 0.992. The summed E-state index contributed by atoms with van der Waals surface area (Å²) in [7, 11) is 0. The van der Waals surface area contributed by atoms with Crippen LogP contribution in [0.2, 0.25) is 8.67 Å². The van der Waals surface area contributed by atoms with Gasteiger partial charge in [-0.1, -0.05) is 83.9 Å². The average Bonchev–Trinajstić information content (AvgIpc) is 3.03. The van der Waals surface area contributed by atoms with E-state index >= 15 is 0 Å². The lowest BCUT2D eigenvalue weighted by molar-refractivity contribution is 0.0944. The van der Waals surface area contributed by atoms with E-state index in [0.29, 0.717) is 20.7 Å². The standard InChI is InChI=1S/C29H21Cl2NOS/c30-27-16-25(29(31)34-27)28(33)18-14-23-21-10-9-17-6-3-4-7-19(17)20(21)11-12-22(23)24(15-18)26-8-2-1-5-13-32-26/h1-8,10-14,16,18,24,32H,9,15H2. The van der Waals surface area contributed by atoms with Crippen molar-refractivity contribution in [1.29, 1.82) is 0 Å². The molecule has 0 spiro atoms. The van der Waals surface area contributed by atoms with E-state index in [1.165, 1.54) is 38.8 Å². The Kier molecular flexibility index (Phi) is 5.57. The van der Waals surface area contributed by atoms with E-state index in [1.807, 2.05) is 24.4 Å². The molecule has 0 saturated carbocycles. The number of benzene rings is 2. The number of hydrogen-bond donors (Lipinski definition) is 1. The van der Waals surface area contributed by atoms with Gasteiger partial charge >= 0.3 is 0 Å². The molecular formula is C29H21Cl2NOS. The van der Waals surface area contributed by atoms with Crippen molar-refractivity contribution in [2.24, 2.45) is 5.92 Å². The molecule has 3 aromatic rings. The molecule has 2 atom stereocenters. The maximum Gasteiger partial charge on any atom is 0.172 e. The fraction of sp³-hybridized carbons (Fsp3) is 0.138. The maximum atomic E-state index is 13.7. The summed E-state index contributed by atoms with van der Waals surface area (Å²) in [5, 5.41) is 5.81. The van der Waals surface area contributed by atoms with Gasteiger partial charge in [-0.2, -0.15) is 0 Å². The molecule has 2 aliphatic carbocycles. The Bertz CT molecular complexity index is 1540. The number of carbonyl (C=O) groups excluding carboxylic acids is 1. The highest BCUT2D eigenvalue weighted by Gasteiger charge is 2.32. The number of carbonyl (C=O) groups is 1. The number of nitrogens with one attached hydrogen (secondary N) is 1. The monoisotopic (exact) mass is 501 g/mol. The molecule has 1 aliphatic heterocycles. The van der Waals surface area contributed by atoms with Crippen LogP contribution in [0, 0.1) is 5.92 Å². The van der Waals surface area contributed by atoms with E-state index in [0.717, 1.165) is 17.3 Å². The first-order valence-electron chi connectivity index (χ1n) is 11.3. The Morgan fingerprint density at radius 2 is 1.88 bits per heavy atom. The number of Topliss-reactive ketones (excluding diaryl/α,β-unsaturated/α-hetero) is 1. The molecule has 34 heavy (non-hydrogen) atoms. The van der Waals surface area contributed by atoms with Gasteiger partial charge in [0.25, 0.3) is 0 Å². The van der Waals surface area contributed by atoms with Crippen molar-refractivity contribution in [3.63, 3.8) is 0 Å². The van der Waals surface area contributed by atoms with Crippen LogP contribution in [0.4, 0.5) is 0 Å². The predicted octanol–water partition coefficient (Wildman–Crippen LogP) is 6.38. The Balaban J connectivity index is 1.55. The van der Waals surface area contributed by atoms with E-state index < -0.39 is 0 Å². The zero-order valence-corrected chi connectivity index (χ0v) is 20.6. The molecule has 0 bridgehead atoms. The zero-order chi connectivity index (χ0) is 23.2. The molecular weight excluding hydrogens is 481 g/mol. The third-order valence-corrected chi connectivity index (χ3v) is 8.35. The van der Waals surface area contributed by atoms with Gasteiger partial charge in [0.1, 0.15) is 4.34 Å². The Morgan fingerprint density at radius 1 is 1.00 bits per heavy atom. The van der Waals surface area contributed by atoms with Gasteiger partial charge in [-0.25, -0.2) is 0 Å². The molecule has 5 heteroatoms. The number of rotatable bonds is 3. The molecule has 0 amide bonds. The first kappa shape index (κ1) is 21.7. The van der Waals surface area contributed by atoms with E-state index in [2.05, 4.69) is 59.9 Å². The highest BCUT2D eigenvalue weighted by Crippen LogP contribution is 2.38. The van der Waals surface area contributed by atoms with Gasteiger partial charge in [-0.05, 0) is 63.8 Å². The second-order valence-corrected chi connectivity index (χ2v) is 11.1. The van der Waals surface area contributed by atoms with Crippen LogP contribution in [0.15, 0.2) is 78.7 Å². The molecule has 1 N–H and O–H groups in total. The lowest BCUT2D eigenvalue weighted by Crippen LogP contribution is -2.39. The van der Waals surface area contributed by atoms with Gasteiger partial charge in [-0.3, -0.25) is 4.79 Å². The minimum atomic E-state index is -0.295. The molecule has 2 aromatic carbocycles. The Labute approximate surface area is 212 Å². The van der Waals surface area contributed by atoms with Crippen LogP contribution in [0.5, 0.6) is 0 Å². The second-order valence-electron chi connectivity index (χ2n) is 8.77. The van der Waals surface area contributed by atoms with Crippen LogP contribution >= 0.6 is 34.5 Å². The first-order chi connectivity index (χ1) is 16.6. The summed E-state index contributed by atoms with van der Waals surface area (Å²) in [5.74, 6) is -0.209. The fourth-order valence-corrected chi connectivity index (χ4v) is 6.77. The fourth-order valence-electron chi connectivity index (χ4n) is 5.29. The van der Waals surface area contributed by atoms with E-state index in [4.69, 9.17) is 23.2 Å². The second kappa shape index (κ2) is 8.74. The number of allylic oxidation sites excluding steroid dienone is 5. The van der Waals surface area contributed by atoms with Crippen LogP contribution in [0.3, 0.4) is 0 Å². The van der Waals surface area contributed by atoms with Gasteiger partial charge < -0.3 is 5.32 Å². The minimum absolute atomic E-state index is 0.0259. The number of ketones is 1.